The number of aliphatic hydroxyl groups is 2. The van der Waals surface area contributed by atoms with Crippen LogP contribution in [0.2, 0.25) is 0 Å². The number of nitrogens with zero attached hydrogens (tertiary/aromatic N) is 1. The van der Waals surface area contributed by atoms with E-state index in [2.05, 4.69) is 73.8 Å². The predicted octanol–water partition coefficient (Wildman–Crippen LogP) is -4.66. The van der Waals surface area contributed by atoms with Gasteiger partial charge in [-0.25, -0.2) is 4.79 Å². The van der Waals surface area contributed by atoms with E-state index in [4.69, 9.17) is 34.4 Å². The zero-order valence-electron chi connectivity index (χ0n) is 66.3. The van der Waals surface area contributed by atoms with Gasteiger partial charge in [-0.15, -0.1) is 0 Å². The van der Waals surface area contributed by atoms with E-state index in [1.807, 2.05) is 13.8 Å². The van der Waals surface area contributed by atoms with Gasteiger partial charge in [-0.2, -0.15) is 0 Å². The molecule has 0 aliphatic rings. The number of aliphatic imine (C=N–C) groups is 1. The minimum absolute atomic E-state index is 0.0409. The number of nitrogens with one attached hydrogen (secondary N) is 13. The lowest BCUT2D eigenvalue weighted by Gasteiger charge is -2.29. The molecule has 1 aromatic carbocycles. The first-order chi connectivity index (χ1) is 52.9. The Morgan fingerprint density at radius 3 is 1.24 bits per heavy atom. The van der Waals surface area contributed by atoms with E-state index in [-0.39, 0.29) is 62.9 Å². The van der Waals surface area contributed by atoms with Crippen molar-refractivity contribution in [2.75, 3.05) is 19.7 Å². The number of H-pyrrole nitrogens is 1. The lowest BCUT2D eigenvalue weighted by molar-refractivity contribution is -0.143. The van der Waals surface area contributed by atoms with Gasteiger partial charge in [0.15, 0.2) is 5.96 Å². The Hall–Kier alpha value is -10.6. The number of hydrogen-bond acceptors (Lipinski definition) is 21. The first-order valence-corrected chi connectivity index (χ1v) is 37.9. The minimum atomic E-state index is -1.98. The van der Waals surface area contributed by atoms with Crippen LogP contribution in [-0.4, -0.2) is 230 Å². The summed E-state index contributed by atoms with van der Waals surface area (Å²) in [4.78, 5) is 226. The molecular weight excluding hydrogens is 1480 g/mol. The number of benzene rings is 1. The highest BCUT2D eigenvalue weighted by Gasteiger charge is 2.40. The number of aromatic amines is 1. The molecule has 14 atom stereocenters. The fourth-order valence-corrected chi connectivity index (χ4v) is 11.8. The van der Waals surface area contributed by atoms with Crippen LogP contribution in [0.5, 0.6) is 0 Å². The number of aliphatic carboxylic acids is 2. The molecule has 29 N–H and O–H groups in total. The Balaban J connectivity index is 2.55. The summed E-state index contributed by atoms with van der Waals surface area (Å²) >= 11 is 0. The summed E-state index contributed by atoms with van der Waals surface area (Å²) in [6.07, 6.45) is -3.09. The van der Waals surface area contributed by atoms with Gasteiger partial charge in [0.1, 0.15) is 72.5 Å². The van der Waals surface area contributed by atoms with Crippen molar-refractivity contribution in [3.8, 4) is 0 Å². The highest BCUT2D eigenvalue weighted by Crippen LogP contribution is 2.21. The van der Waals surface area contributed by atoms with E-state index >= 15 is 0 Å². The van der Waals surface area contributed by atoms with Crippen LogP contribution in [0.25, 0.3) is 10.9 Å². The highest BCUT2D eigenvalue weighted by molar-refractivity contribution is 6.01. The number of hydrogen-bond donors (Lipinski definition) is 23. The number of nitrogens with two attached hydrogens (primary N) is 6. The first kappa shape index (κ1) is 98.5. The molecule has 2 rings (SSSR count). The van der Waals surface area contributed by atoms with Gasteiger partial charge in [0.05, 0.1) is 18.8 Å². The van der Waals surface area contributed by atoms with Gasteiger partial charge in [0.25, 0.3) is 0 Å². The fraction of sp³-hybridized carbons (Fsp3) is 0.658. The predicted molar refractivity (Wildman–Crippen MR) is 414 cm³/mol. The van der Waals surface area contributed by atoms with E-state index in [0.29, 0.717) is 42.3 Å². The number of primary amides is 2. The van der Waals surface area contributed by atoms with Gasteiger partial charge in [-0.1, -0.05) is 87.4 Å². The summed E-state index contributed by atoms with van der Waals surface area (Å²) in [6, 6.07) is -13.5. The maximum atomic E-state index is 14.6. The number of aromatic nitrogens is 1. The van der Waals surface area contributed by atoms with Crippen molar-refractivity contribution < 1.29 is 97.1 Å². The van der Waals surface area contributed by atoms with Crippen molar-refractivity contribution in [1.29, 1.82) is 0 Å². The topological polar surface area (TPSA) is 683 Å². The summed E-state index contributed by atoms with van der Waals surface area (Å²) in [7, 11) is 0. The number of carbonyl (C=O) groups excluding carboxylic acids is 14. The second-order valence-electron chi connectivity index (χ2n) is 30.0. The second kappa shape index (κ2) is 49.7. The molecule has 2 aromatic rings. The Morgan fingerprint density at radius 2 is 0.796 bits per heavy atom. The molecule has 0 saturated heterocycles. The van der Waals surface area contributed by atoms with Crippen LogP contribution in [0.4, 0.5) is 0 Å². The Labute approximate surface area is 656 Å². The van der Waals surface area contributed by atoms with Crippen LogP contribution in [-0.2, 0) is 83.1 Å². The highest BCUT2D eigenvalue weighted by atomic mass is 16.4. The van der Waals surface area contributed by atoms with Crippen LogP contribution in [0.1, 0.15) is 172 Å². The molecule has 14 amide bonds. The number of guanidine groups is 1. The average Bonchev–Trinajstić information content (AvgIpc) is 1.72. The van der Waals surface area contributed by atoms with Gasteiger partial charge >= 0.3 is 11.9 Å². The summed E-state index contributed by atoms with van der Waals surface area (Å²) in [5, 5.41) is 71.7. The van der Waals surface area contributed by atoms with E-state index in [1.165, 1.54) is 20.0 Å². The van der Waals surface area contributed by atoms with Gasteiger partial charge in [-0.3, -0.25) is 76.9 Å². The number of carboxylic acid groups (broad SMARTS) is 2. The van der Waals surface area contributed by atoms with E-state index in [0.717, 1.165) is 6.92 Å². The molecule has 0 unspecified atom stereocenters. The minimum Gasteiger partial charge on any atom is -0.481 e. The molecule has 0 aliphatic heterocycles. The third-order valence-corrected chi connectivity index (χ3v) is 17.9. The zero-order valence-corrected chi connectivity index (χ0v) is 66.3. The third-order valence-electron chi connectivity index (χ3n) is 17.9. The summed E-state index contributed by atoms with van der Waals surface area (Å²) < 4.78 is 0. The van der Waals surface area contributed by atoms with E-state index in [1.54, 1.807) is 65.8 Å². The summed E-state index contributed by atoms with van der Waals surface area (Å²) in [5.41, 5.74) is 34.6. The molecule has 1 aromatic heterocycles. The molecular formula is C73H122N20O20. The normalized spacial score (nSPS) is 15.1. The number of unbranched alkanes of at least 4 members (excludes halogenated alkanes) is 1. The number of fused-ring (bicyclic) bond motifs is 1. The number of rotatable bonds is 54. The van der Waals surface area contributed by atoms with Crippen molar-refractivity contribution in [3.05, 3.63) is 36.0 Å². The molecule has 113 heavy (non-hydrogen) atoms. The number of para-hydroxylation sites is 1. The van der Waals surface area contributed by atoms with E-state index in [9.17, 15) is 97.1 Å². The number of amides is 14. The van der Waals surface area contributed by atoms with Crippen molar-refractivity contribution >= 4 is 112 Å². The molecule has 0 spiro atoms. The fourth-order valence-electron chi connectivity index (χ4n) is 11.8. The maximum absolute atomic E-state index is 14.6. The van der Waals surface area contributed by atoms with Crippen LogP contribution < -0.4 is 98.2 Å². The Kier molecular flexibility index (Phi) is 43.3. The Morgan fingerprint density at radius 1 is 0.425 bits per heavy atom. The average molecular weight is 1600 g/mol. The quantitative estimate of drug-likeness (QED) is 0.0168. The van der Waals surface area contributed by atoms with Crippen molar-refractivity contribution in [1.82, 2.24) is 68.8 Å². The molecule has 0 bridgehead atoms. The number of carboxylic acids is 2. The van der Waals surface area contributed by atoms with Crippen LogP contribution in [0.3, 0.4) is 0 Å². The molecule has 0 radical (unpaired) electrons. The first-order valence-electron chi connectivity index (χ1n) is 37.9. The van der Waals surface area contributed by atoms with Gasteiger partial charge in [0, 0.05) is 49.3 Å². The molecule has 0 saturated carbocycles. The number of carbonyl (C=O) groups is 16. The molecule has 0 fully saturated rings. The summed E-state index contributed by atoms with van der Waals surface area (Å²) in [6.45, 7) is 17.0. The zero-order chi connectivity index (χ0) is 85.7. The lowest BCUT2D eigenvalue weighted by Crippen LogP contribution is -2.62. The number of aliphatic hydroxyl groups excluding tert-OH is 2. The van der Waals surface area contributed by atoms with Crippen molar-refractivity contribution in [3.63, 3.8) is 0 Å². The molecule has 0 aliphatic carbocycles. The van der Waals surface area contributed by atoms with Crippen LogP contribution in [0.15, 0.2) is 35.5 Å². The largest absolute Gasteiger partial charge is 0.481 e. The molecule has 40 heteroatoms. The maximum Gasteiger partial charge on any atom is 0.326 e. The van der Waals surface area contributed by atoms with Gasteiger partial charge in [0.2, 0.25) is 82.7 Å². The van der Waals surface area contributed by atoms with Crippen molar-refractivity contribution in [2.24, 2.45) is 69.0 Å². The van der Waals surface area contributed by atoms with Crippen molar-refractivity contribution in [2.45, 2.75) is 257 Å². The van der Waals surface area contributed by atoms with E-state index < -0.39 is 242 Å². The molecule has 634 valence electrons. The SMILES string of the molecule is CC(C)C[C@H](NC(=O)[C@H](CCC(=O)O)NC(=O)[C@H](CCC(N)=O)NC(=O)[C@H](CC(C)C)NC(=O)[C@@H](NC(=O)[C@H](CCCCN)NC(=O)[C@@H](N)CC(C)C)C(C)C)C(=O)N[C@@H](CO)C(=O)N[C@@H](CCC(N)=O)C(=O)N[C@@H](Cc1c[nH]c2ccccc12)C(=O)N[C@H](C(=O)N[C@H](C(=O)N[C@@H](CCCN=C(N)N)C(=O)O)C(C)C)[C@@H](C)O. The Bertz CT molecular complexity index is 3580. The van der Waals surface area contributed by atoms with Gasteiger partial charge in [-0.05, 0) is 125 Å². The lowest BCUT2D eigenvalue weighted by atomic mass is 9.98. The summed E-state index contributed by atoms with van der Waals surface area (Å²) in [5.74, 6) is -19.3. The monoisotopic (exact) mass is 1600 g/mol. The van der Waals surface area contributed by atoms with Crippen LogP contribution >= 0.6 is 0 Å². The molecule has 40 nitrogen and oxygen atoms in total. The third kappa shape index (κ3) is 36.2. The smallest absolute Gasteiger partial charge is 0.326 e. The second-order valence-corrected chi connectivity index (χ2v) is 30.0. The van der Waals surface area contributed by atoms with Gasteiger partial charge < -0.3 is 124 Å². The standard InChI is InChI=1S/C73H122N20O20/c1-35(2)29-43(75)60(100)82-45(19-14-15-27-74)64(104)91-57(38(7)8)70(110)89-51(31-37(5)6)65(105)84-46(21-24-54(76)96)61(101)83-48(23-26-56(98)99)63(103)87-50(30-36(3)4)66(106)90-53(34-94)68(108)85-47(22-25-55(77)97)62(102)88-52(32-41-33-81-44-18-13-12-17-42(41)44)67(107)93-59(40(11)95)71(111)92-58(39(9)10)69(109)86-49(72(112)113)20-16-28-80-73(78)79/h12-13,17-18,33,35-40,43,45-53,57-59,81,94-95H,14-16,19-32,34,74-75H2,1-11H3,(H2,76,96)(H2,77,97)(H,82,100)(H,83,101)(H,84,105)(H,85,108)(H,86,109)(H,87,103)(H,88,102)(H,89,110)(H,90,106)(H,91,104)(H,92,111)(H,93,107)(H,98,99)(H,112,113)(H4,78,79,80)/t40-,43+,45+,46+,47+,48+,49+,50+,51+,52+,53+,57+,58+,59+/m1/s1. The molecule has 1 heterocycles. The van der Waals surface area contributed by atoms with Crippen LogP contribution in [0, 0.1) is 29.6 Å².